The highest BCUT2D eigenvalue weighted by atomic mass is 28.4. The number of rotatable bonds is 3. The van der Waals surface area contributed by atoms with Gasteiger partial charge >= 0.3 is 0 Å². The van der Waals surface area contributed by atoms with E-state index in [-0.39, 0.29) is 17.2 Å². The summed E-state index contributed by atoms with van der Waals surface area (Å²) in [7, 11) is -1.81. The molecule has 3 heteroatoms. The Balaban J connectivity index is 1.93. The third kappa shape index (κ3) is 3.88. The molecule has 0 saturated heterocycles. The van der Waals surface area contributed by atoms with E-state index in [4.69, 9.17) is 9.16 Å². The lowest BCUT2D eigenvalue weighted by atomic mass is 9.83. The molecule has 0 N–H and O–H groups in total. The Morgan fingerprint density at radius 2 is 1.80 bits per heavy atom. The van der Waals surface area contributed by atoms with Crippen LogP contribution in [0, 0.1) is 5.92 Å². The Kier molecular flexibility index (Phi) is 5.18. The van der Waals surface area contributed by atoms with Gasteiger partial charge in [0.2, 0.25) is 0 Å². The van der Waals surface area contributed by atoms with E-state index in [2.05, 4.69) is 71.1 Å². The molecule has 2 aliphatic rings. The van der Waals surface area contributed by atoms with Crippen molar-refractivity contribution in [1.29, 1.82) is 0 Å². The van der Waals surface area contributed by atoms with Gasteiger partial charge in [-0.3, -0.25) is 0 Å². The molecule has 0 spiro atoms. The molecule has 1 heterocycles. The Morgan fingerprint density at radius 1 is 1.12 bits per heavy atom. The highest BCUT2D eigenvalue weighted by Gasteiger charge is 2.43. The van der Waals surface area contributed by atoms with Crippen LogP contribution in [0.1, 0.15) is 65.0 Å². The standard InChI is InChI=1S/C22H34O2Si/c1-16-11-10-14-18-20(24-25(5,6)22(2,3)4)15-19(23-21(16)18)17-12-8-7-9-13-17/h7-9,12-13,16,19-20H,10-11,14-15H2,1-6H3/t16-,19+,20+/m0/s1. The minimum absolute atomic E-state index is 0.121. The minimum Gasteiger partial charge on any atom is -0.490 e. The van der Waals surface area contributed by atoms with Crippen LogP contribution in [0.2, 0.25) is 18.1 Å². The molecule has 1 aromatic rings. The van der Waals surface area contributed by atoms with Gasteiger partial charge in [0.05, 0.1) is 6.10 Å². The Labute approximate surface area is 154 Å². The molecule has 3 atom stereocenters. The van der Waals surface area contributed by atoms with Crippen molar-refractivity contribution in [3.63, 3.8) is 0 Å². The van der Waals surface area contributed by atoms with Crippen LogP contribution in [-0.2, 0) is 9.16 Å². The van der Waals surface area contributed by atoms with E-state index in [1.165, 1.54) is 29.7 Å². The topological polar surface area (TPSA) is 18.5 Å². The van der Waals surface area contributed by atoms with Gasteiger partial charge in [0.15, 0.2) is 8.32 Å². The van der Waals surface area contributed by atoms with Crippen LogP contribution in [-0.4, -0.2) is 14.4 Å². The van der Waals surface area contributed by atoms with Crippen LogP contribution >= 0.6 is 0 Å². The summed E-state index contributed by atoms with van der Waals surface area (Å²) in [6, 6.07) is 10.7. The maximum atomic E-state index is 6.91. The van der Waals surface area contributed by atoms with Gasteiger partial charge in [-0.25, -0.2) is 0 Å². The Bertz CT molecular complexity index is 627. The molecule has 0 saturated carbocycles. The molecule has 0 unspecified atom stereocenters. The summed E-state index contributed by atoms with van der Waals surface area (Å²) in [4.78, 5) is 0. The molecule has 25 heavy (non-hydrogen) atoms. The van der Waals surface area contributed by atoms with E-state index in [9.17, 15) is 0 Å². The van der Waals surface area contributed by atoms with E-state index in [1.807, 2.05) is 0 Å². The molecule has 138 valence electrons. The molecule has 0 bridgehead atoms. The van der Waals surface area contributed by atoms with Gasteiger partial charge in [0.1, 0.15) is 11.9 Å². The van der Waals surface area contributed by atoms with E-state index in [1.54, 1.807) is 0 Å². The first-order valence-electron chi connectivity index (χ1n) is 9.81. The summed E-state index contributed by atoms with van der Waals surface area (Å²) < 4.78 is 13.4. The van der Waals surface area contributed by atoms with Gasteiger partial charge in [-0.2, -0.15) is 0 Å². The number of hydrogen-bond donors (Lipinski definition) is 0. The molecular weight excluding hydrogens is 324 g/mol. The van der Waals surface area contributed by atoms with Crippen molar-refractivity contribution in [2.75, 3.05) is 0 Å². The van der Waals surface area contributed by atoms with Gasteiger partial charge in [0.25, 0.3) is 0 Å². The SMILES string of the molecule is C[C@H]1CCCC2=C1O[C@@H](c1ccccc1)C[C@H]2O[Si](C)(C)C(C)(C)C. The zero-order chi connectivity index (χ0) is 18.2. The molecule has 2 nitrogen and oxygen atoms in total. The van der Waals surface area contributed by atoms with Crippen LogP contribution in [0.15, 0.2) is 41.7 Å². The molecule has 3 rings (SSSR count). The van der Waals surface area contributed by atoms with Crippen molar-refractivity contribution in [2.24, 2.45) is 5.92 Å². The largest absolute Gasteiger partial charge is 0.490 e. The summed E-state index contributed by atoms with van der Waals surface area (Å²) >= 11 is 0. The second kappa shape index (κ2) is 6.92. The average molecular weight is 359 g/mol. The molecule has 0 aromatic heterocycles. The van der Waals surface area contributed by atoms with E-state index >= 15 is 0 Å². The van der Waals surface area contributed by atoms with Gasteiger partial charge in [0, 0.05) is 12.3 Å². The lowest BCUT2D eigenvalue weighted by Gasteiger charge is -2.45. The molecular formula is C22H34O2Si. The zero-order valence-corrected chi connectivity index (χ0v) is 17.8. The number of allylic oxidation sites excluding steroid dienone is 1. The highest BCUT2D eigenvalue weighted by molar-refractivity contribution is 6.74. The Hall–Kier alpha value is -1.06. The maximum absolute atomic E-state index is 6.91. The quantitative estimate of drug-likeness (QED) is 0.566. The fourth-order valence-electron chi connectivity index (χ4n) is 3.74. The van der Waals surface area contributed by atoms with Crippen molar-refractivity contribution >= 4 is 8.32 Å². The summed E-state index contributed by atoms with van der Waals surface area (Å²) in [5.41, 5.74) is 2.73. The van der Waals surface area contributed by atoms with Crippen molar-refractivity contribution in [3.05, 3.63) is 47.2 Å². The number of benzene rings is 1. The number of ether oxygens (including phenoxy) is 1. The fraction of sp³-hybridized carbons (Fsp3) is 0.636. The normalized spacial score (nSPS) is 27.7. The average Bonchev–Trinajstić information content (AvgIpc) is 2.55. The van der Waals surface area contributed by atoms with E-state index in [0.29, 0.717) is 5.92 Å². The van der Waals surface area contributed by atoms with Crippen molar-refractivity contribution in [3.8, 4) is 0 Å². The minimum atomic E-state index is -1.81. The zero-order valence-electron chi connectivity index (χ0n) is 16.8. The molecule has 1 aliphatic heterocycles. The monoisotopic (exact) mass is 358 g/mol. The maximum Gasteiger partial charge on any atom is 0.192 e. The smallest absolute Gasteiger partial charge is 0.192 e. The van der Waals surface area contributed by atoms with Gasteiger partial charge in [-0.05, 0) is 48.5 Å². The first-order valence-corrected chi connectivity index (χ1v) is 12.7. The summed E-state index contributed by atoms with van der Waals surface area (Å²) in [5.74, 6) is 1.75. The van der Waals surface area contributed by atoms with E-state index < -0.39 is 8.32 Å². The van der Waals surface area contributed by atoms with Crippen LogP contribution in [0.3, 0.4) is 0 Å². The molecule has 0 fully saturated rings. The lowest BCUT2D eigenvalue weighted by molar-refractivity contribution is 0.0160. The van der Waals surface area contributed by atoms with Gasteiger partial charge in [-0.1, -0.05) is 58.0 Å². The third-order valence-electron chi connectivity index (χ3n) is 6.35. The van der Waals surface area contributed by atoms with E-state index in [0.717, 1.165) is 12.8 Å². The number of hydrogen-bond acceptors (Lipinski definition) is 2. The Morgan fingerprint density at radius 3 is 2.44 bits per heavy atom. The van der Waals surface area contributed by atoms with Crippen LogP contribution in [0.25, 0.3) is 0 Å². The first kappa shape index (κ1) is 18.7. The molecule has 0 radical (unpaired) electrons. The van der Waals surface area contributed by atoms with Crippen LogP contribution < -0.4 is 0 Å². The van der Waals surface area contributed by atoms with Crippen molar-refractivity contribution in [2.45, 2.75) is 83.7 Å². The second-order valence-electron chi connectivity index (χ2n) is 9.30. The first-order chi connectivity index (χ1) is 11.7. The lowest BCUT2D eigenvalue weighted by Crippen LogP contribution is -2.46. The second-order valence-corrected chi connectivity index (χ2v) is 14.1. The van der Waals surface area contributed by atoms with Crippen LogP contribution in [0.5, 0.6) is 0 Å². The molecule has 1 aliphatic carbocycles. The third-order valence-corrected chi connectivity index (χ3v) is 10.8. The fourth-order valence-corrected chi connectivity index (χ4v) is 5.05. The highest BCUT2D eigenvalue weighted by Crippen LogP contribution is 2.46. The van der Waals surface area contributed by atoms with Gasteiger partial charge in [-0.15, -0.1) is 0 Å². The summed E-state index contributed by atoms with van der Waals surface area (Å²) in [5, 5.41) is 0.231. The van der Waals surface area contributed by atoms with Crippen LogP contribution in [0.4, 0.5) is 0 Å². The van der Waals surface area contributed by atoms with Crippen molar-refractivity contribution < 1.29 is 9.16 Å². The van der Waals surface area contributed by atoms with Crippen molar-refractivity contribution in [1.82, 2.24) is 0 Å². The molecule has 0 amide bonds. The molecule has 1 aromatic carbocycles. The van der Waals surface area contributed by atoms with Gasteiger partial charge < -0.3 is 9.16 Å². The summed E-state index contributed by atoms with van der Waals surface area (Å²) in [6.07, 6.45) is 4.92. The predicted molar refractivity (Wildman–Crippen MR) is 107 cm³/mol. The predicted octanol–water partition coefficient (Wildman–Crippen LogP) is 6.61. The summed E-state index contributed by atoms with van der Waals surface area (Å²) in [6.45, 7) is 14.0.